The zero-order valence-electron chi connectivity index (χ0n) is 16.6. The quantitative estimate of drug-likeness (QED) is 0.761. The second kappa shape index (κ2) is 8.03. The summed E-state index contributed by atoms with van der Waals surface area (Å²) in [6.45, 7) is 6.67. The van der Waals surface area contributed by atoms with Gasteiger partial charge in [-0.3, -0.25) is 4.79 Å². The minimum Gasteiger partial charge on any atom is -0.496 e. The average molecular weight is 375 g/mol. The first kappa shape index (κ1) is 18.5. The van der Waals surface area contributed by atoms with Gasteiger partial charge in [0.05, 0.1) is 38.9 Å². The highest BCUT2D eigenvalue weighted by atomic mass is 16.5. The molecule has 1 heterocycles. The van der Waals surface area contributed by atoms with Crippen LogP contribution in [0.25, 0.3) is 10.8 Å². The van der Waals surface area contributed by atoms with Gasteiger partial charge in [0.1, 0.15) is 12.3 Å². The number of methoxy groups -OCH3 is 1. The monoisotopic (exact) mass is 375 g/mol. The molecule has 1 aliphatic heterocycles. The van der Waals surface area contributed by atoms with Gasteiger partial charge in [0.15, 0.2) is 0 Å². The van der Waals surface area contributed by atoms with E-state index in [1.165, 1.54) is 16.0 Å². The molecule has 1 aliphatic rings. The van der Waals surface area contributed by atoms with Crippen LogP contribution >= 0.6 is 0 Å². The topological polar surface area (TPSA) is 34.0 Å². The Hall–Kier alpha value is -2.85. The van der Waals surface area contributed by atoms with Crippen LogP contribution < -0.4 is 9.64 Å². The summed E-state index contributed by atoms with van der Waals surface area (Å²) in [7, 11) is 1.63. The summed E-state index contributed by atoms with van der Waals surface area (Å²) < 4.78 is 5.53. The predicted octanol–water partition coefficient (Wildman–Crippen LogP) is 2.70. The molecule has 1 fully saturated rings. The van der Waals surface area contributed by atoms with Crippen LogP contribution in [0.5, 0.6) is 5.75 Å². The molecule has 1 saturated heterocycles. The Morgan fingerprint density at radius 1 is 1.00 bits per heavy atom. The van der Waals surface area contributed by atoms with E-state index in [0.717, 1.165) is 43.5 Å². The van der Waals surface area contributed by atoms with Gasteiger partial charge >= 0.3 is 0 Å². The van der Waals surface area contributed by atoms with Crippen LogP contribution in [0, 0.1) is 6.92 Å². The fourth-order valence-electron chi connectivity index (χ4n) is 4.01. The Bertz CT molecular complexity index is 991. The minimum atomic E-state index is 0.0672. The Morgan fingerprint density at radius 2 is 1.64 bits per heavy atom. The van der Waals surface area contributed by atoms with Crippen molar-refractivity contribution in [3.05, 3.63) is 77.4 Å². The lowest BCUT2D eigenvalue weighted by Crippen LogP contribution is -3.13. The van der Waals surface area contributed by atoms with Crippen molar-refractivity contribution < 1.29 is 14.4 Å². The van der Waals surface area contributed by atoms with E-state index in [0.29, 0.717) is 11.3 Å². The summed E-state index contributed by atoms with van der Waals surface area (Å²) in [5.41, 5.74) is 3.39. The van der Waals surface area contributed by atoms with E-state index < -0.39 is 0 Å². The standard InChI is InChI=1S/C24H26N2O2/c1-18-7-3-4-10-21(18)17-25-11-13-26(14-12-25)24(27)22-15-19-8-5-6-9-20(19)16-23(22)28-2/h3-10,15-16H,11-14,17H2,1-2H3/p+1. The third kappa shape index (κ3) is 3.73. The molecular formula is C24H27N2O2+. The molecule has 0 unspecified atom stereocenters. The van der Waals surface area contributed by atoms with Crippen LogP contribution in [0.15, 0.2) is 60.7 Å². The lowest BCUT2D eigenvalue weighted by molar-refractivity contribution is -0.917. The molecule has 1 amide bonds. The van der Waals surface area contributed by atoms with Crippen molar-refractivity contribution in [3.63, 3.8) is 0 Å². The molecule has 1 N–H and O–H groups in total. The van der Waals surface area contributed by atoms with Gasteiger partial charge in [-0.15, -0.1) is 0 Å². The highest BCUT2D eigenvalue weighted by Gasteiger charge is 2.26. The largest absolute Gasteiger partial charge is 0.496 e. The van der Waals surface area contributed by atoms with Crippen LogP contribution in [0.3, 0.4) is 0 Å². The molecule has 28 heavy (non-hydrogen) atoms. The zero-order valence-corrected chi connectivity index (χ0v) is 16.6. The van der Waals surface area contributed by atoms with Crippen molar-refractivity contribution >= 4 is 16.7 Å². The number of hydrogen-bond acceptors (Lipinski definition) is 2. The summed E-state index contributed by atoms with van der Waals surface area (Å²) in [5.74, 6) is 0.718. The number of benzene rings is 3. The molecule has 3 aromatic carbocycles. The number of amides is 1. The molecule has 4 heteroatoms. The van der Waals surface area contributed by atoms with Gasteiger partial charge in [0.25, 0.3) is 5.91 Å². The number of piperazine rings is 1. The van der Waals surface area contributed by atoms with Crippen LogP contribution in [-0.4, -0.2) is 44.1 Å². The molecule has 144 valence electrons. The van der Waals surface area contributed by atoms with Gasteiger partial charge in [-0.05, 0) is 35.4 Å². The van der Waals surface area contributed by atoms with Gasteiger partial charge in [-0.1, -0.05) is 48.5 Å². The molecule has 4 rings (SSSR count). The van der Waals surface area contributed by atoms with Gasteiger partial charge in [-0.25, -0.2) is 0 Å². The summed E-state index contributed by atoms with van der Waals surface area (Å²) in [4.78, 5) is 16.7. The zero-order chi connectivity index (χ0) is 19.5. The Balaban J connectivity index is 1.47. The van der Waals surface area contributed by atoms with E-state index in [4.69, 9.17) is 4.74 Å². The number of aryl methyl sites for hydroxylation is 1. The van der Waals surface area contributed by atoms with Crippen molar-refractivity contribution in [3.8, 4) is 5.75 Å². The van der Waals surface area contributed by atoms with Gasteiger partial charge in [0.2, 0.25) is 0 Å². The van der Waals surface area contributed by atoms with Crippen LogP contribution in [-0.2, 0) is 6.54 Å². The fourth-order valence-corrected chi connectivity index (χ4v) is 4.01. The van der Waals surface area contributed by atoms with Gasteiger partial charge < -0.3 is 14.5 Å². The van der Waals surface area contributed by atoms with E-state index in [-0.39, 0.29) is 5.91 Å². The molecule has 0 radical (unpaired) electrons. The molecule has 0 aliphatic carbocycles. The van der Waals surface area contributed by atoms with Crippen LogP contribution in [0.1, 0.15) is 21.5 Å². The third-order valence-corrected chi connectivity index (χ3v) is 5.76. The number of nitrogens with one attached hydrogen (secondary N) is 1. The summed E-state index contributed by atoms with van der Waals surface area (Å²) in [6.07, 6.45) is 0. The lowest BCUT2D eigenvalue weighted by Gasteiger charge is -2.32. The number of carbonyl (C=O) groups is 1. The van der Waals surface area contributed by atoms with E-state index in [2.05, 4.69) is 31.2 Å². The van der Waals surface area contributed by atoms with Crippen molar-refractivity contribution in [2.75, 3.05) is 33.3 Å². The van der Waals surface area contributed by atoms with Gasteiger partial charge in [-0.2, -0.15) is 0 Å². The molecule has 3 aromatic rings. The maximum atomic E-state index is 13.2. The van der Waals surface area contributed by atoms with Crippen molar-refractivity contribution in [2.24, 2.45) is 0 Å². The average Bonchev–Trinajstić information content (AvgIpc) is 2.74. The Labute approximate surface area is 166 Å². The number of nitrogens with zero attached hydrogens (tertiary/aromatic N) is 1. The van der Waals surface area contributed by atoms with Crippen molar-refractivity contribution in [1.29, 1.82) is 0 Å². The molecule has 0 bridgehead atoms. The maximum Gasteiger partial charge on any atom is 0.258 e. The normalized spacial score (nSPS) is 15.0. The van der Waals surface area contributed by atoms with E-state index in [9.17, 15) is 4.79 Å². The number of hydrogen-bond donors (Lipinski definition) is 1. The smallest absolute Gasteiger partial charge is 0.258 e. The number of fused-ring (bicyclic) bond motifs is 1. The number of ether oxygens (including phenoxy) is 1. The predicted molar refractivity (Wildman–Crippen MR) is 112 cm³/mol. The summed E-state index contributed by atoms with van der Waals surface area (Å²) >= 11 is 0. The number of quaternary nitrogens is 1. The first-order chi connectivity index (χ1) is 13.7. The molecule has 0 aromatic heterocycles. The molecule has 0 atom stereocenters. The Kier molecular flexibility index (Phi) is 5.31. The first-order valence-corrected chi connectivity index (χ1v) is 9.90. The van der Waals surface area contributed by atoms with Crippen LogP contribution in [0.2, 0.25) is 0 Å². The first-order valence-electron chi connectivity index (χ1n) is 9.90. The highest BCUT2D eigenvalue weighted by Crippen LogP contribution is 2.27. The van der Waals surface area contributed by atoms with E-state index in [1.54, 1.807) is 7.11 Å². The number of carbonyl (C=O) groups excluding carboxylic acids is 1. The number of rotatable bonds is 4. The second-order valence-electron chi connectivity index (χ2n) is 7.55. The lowest BCUT2D eigenvalue weighted by atomic mass is 10.0. The maximum absolute atomic E-state index is 13.2. The molecule has 0 spiro atoms. The van der Waals surface area contributed by atoms with Crippen molar-refractivity contribution in [1.82, 2.24) is 4.90 Å². The highest BCUT2D eigenvalue weighted by molar-refractivity contribution is 6.01. The fraction of sp³-hybridized carbons (Fsp3) is 0.292. The SMILES string of the molecule is COc1cc2ccccc2cc1C(=O)N1CC[NH+](Cc2ccccc2C)CC1. The molecular weight excluding hydrogens is 348 g/mol. The minimum absolute atomic E-state index is 0.0672. The second-order valence-corrected chi connectivity index (χ2v) is 7.55. The molecule has 0 saturated carbocycles. The third-order valence-electron chi connectivity index (χ3n) is 5.76. The van der Waals surface area contributed by atoms with E-state index in [1.807, 2.05) is 41.3 Å². The van der Waals surface area contributed by atoms with Crippen LogP contribution in [0.4, 0.5) is 0 Å². The summed E-state index contributed by atoms with van der Waals surface area (Å²) in [6, 6.07) is 20.6. The van der Waals surface area contributed by atoms with Gasteiger partial charge in [0, 0.05) is 5.56 Å². The van der Waals surface area contributed by atoms with Crippen molar-refractivity contribution in [2.45, 2.75) is 13.5 Å². The van der Waals surface area contributed by atoms with E-state index >= 15 is 0 Å². The summed E-state index contributed by atoms with van der Waals surface area (Å²) in [5, 5.41) is 2.15. The Morgan fingerprint density at radius 3 is 2.32 bits per heavy atom. The molecule has 4 nitrogen and oxygen atoms in total.